The van der Waals surface area contributed by atoms with E-state index in [1.165, 1.54) is 6.07 Å². The van der Waals surface area contributed by atoms with Crippen LogP contribution in [0.4, 0.5) is 13.2 Å². The van der Waals surface area contributed by atoms with Gasteiger partial charge in [0.05, 0.1) is 17.9 Å². The maximum Gasteiger partial charge on any atom is 0.417 e. The van der Waals surface area contributed by atoms with E-state index < -0.39 is 11.7 Å². The number of carbonyl (C=O) groups excluding carboxylic acids is 1. The van der Waals surface area contributed by atoms with Crippen molar-refractivity contribution >= 4 is 6.29 Å². The van der Waals surface area contributed by atoms with Crippen molar-refractivity contribution in [1.82, 2.24) is 4.98 Å². The fourth-order valence-corrected chi connectivity index (χ4v) is 2.15. The molecule has 0 unspecified atom stereocenters. The number of halogens is 3. The van der Waals surface area contributed by atoms with Crippen molar-refractivity contribution in [3.8, 4) is 17.0 Å². The molecule has 6 heteroatoms. The summed E-state index contributed by atoms with van der Waals surface area (Å²) >= 11 is 0. The lowest BCUT2D eigenvalue weighted by atomic mass is 10.1. The van der Waals surface area contributed by atoms with Crippen molar-refractivity contribution in [2.45, 2.75) is 19.0 Å². The van der Waals surface area contributed by atoms with E-state index in [1.54, 1.807) is 18.2 Å². The molecule has 0 bridgehead atoms. The highest BCUT2D eigenvalue weighted by molar-refractivity contribution is 5.79. The topological polar surface area (TPSA) is 39.2 Å². The summed E-state index contributed by atoms with van der Waals surface area (Å²) in [6.45, 7) is 0.586. The molecule has 1 aromatic carbocycles. The Hall–Kier alpha value is -2.37. The monoisotopic (exact) mass is 321 g/mol. The number of hydrogen-bond donors (Lipinski definition) is 0. The van der Waals surface area contributed by atoms with Crippen LogP contribution in [0, 0.1) is 5.92 Å². The molecule has 3 nitrogen and oxygen atoms in total. The fourth-order valence-electron chi connectivity index (χ4n) is 2.15. The Morgan fingerprint density at radius 1 is 1.22 bits per heavy atom. The first-order valence-corrected chi connectivity index (χ1v) is 7.22. The molecule has 0 N–H and O–H groups in total. The number of pyridine rings is 1. The lowest BCUT2D eigenvalue weighted by molar-refractivity contribution is -0.137. The zero-order valence-corrected chi connectivity index (χ0v) is 12.1. The molecule has 0 amide bonds. The Kier molecular flexibility index (Phi) is 4.07. The third-order valence-corrected chi connectivity index (χ3v) is 3.63. The summed E-state index contributed by atoms with van der Waals surface area (Å²) < 4.78 is 43.4. The van der Waals surface area contributed by atoms with Gasteiger partial charge in [-0.2, -0.15) is 13.2 Å². The number of aldehydes is 1. The molecular weight excluding hydrogens is 307 g/mol. The van der Waals surface area contributed by atoms with Crippen LogP contribution in [0.25, 0.3) is 11.3 Å². The summed E-state index contributed by atoms with van der Waals surface area (Å²) in [6.07, 6.45) is -0.679. The summed E-state index contributed by atoms with van der Waals surface area (Å²) in [6, 6.07) is 7.14. The van der Waals surface area contributed by atoms with Gasteiger partial charge < -0.3 is 4.74 Å². The van der Waals surface area contributed by atoms with E-state index in [-0.39, 0.29) is 0 Å². The van der Waals surface area contributed by atoms with E-state index in [4.69, 9.17) is 4.74 Å². The van der Waals surface area contributed by atoms with E-state index >= 15 is 0 Å². The highest BCUT2D eigenvalue weighted by atomic mass is 19.4. The standard InChI is InChI=1S/C17H14F3NO2/c18-17(19,20)14-3-4-16(21-8-14)13-5-12(9-22)6-15(7-13)23-10-11-1-2-11/h3-9,11H,1-2,10H2. The minimum absolute atomic E-state index is 0.359. The fraction of sp³-hybridized carbons (Fsp3) is 0.294. The second kappa shape index (κ2) is 6.02. The van der Waals surface area contributed by atoms with Crippen LogP contribution in [0.1, 0.15) is 28.8 Å². The van der Waals surface area contributed by atoms with Crippen molar-refractivity contribution in [3.05, 3.63) is 47.7 Å². The third-order valence-electron chi connectivity index (χ3n) is 3.63. The number of carbonyl (C=O) groups is 1. The number of benzene rings is 1. The minimum Gasteiger partial charge on any atom is -0.493 e. The van der Waals surface area contributed by atoms with Crippen LogP contribution in [-0.2, 0) is 6.18 Å². The molecule has 2 aromatic rings. The second-order valence-electron chi connectivity index (χ2n) is 5.59. The van der Waals surface area contributed by atoms with Gasteiger partial charge in [-0.15, -0.1) is 0 Å². The van der Waals surface area contributed by atoms with Crippen molar-refractivity contribution in [2.75, 3.05) is 6.61 Å². The maximum absolute atomic E-state index is 12.6. The Balaban J connectivity index is 1.87. The van der Waals surface area contributed by atoms with Gasteiger partial charge in [-0.05, 0) is 49.1 Å². The van der Waals surface area contributed by atoms with Gasteiger partial charge in [-0.3, -0.25) is 9.78 Å². The van der Waals surface area contributed by atoms with E-state index in [0.29, 0.717) is 41.4 Å². The number of aromatic nitrogens is 1. The summed E-state index contributed by atoms with van der Waals surface area (Å²) in [5, 5.41) is 0. The zero-order chi connectivity index (χ0) is 16.4. The van der Waals surface area contributed by atoms with E-state index in [2.05, 4.69) is 4.98 Å². The zero-order valence-electron chi connectivity index (χ0n) is 12.1. The normalized spacial score (nSPS) is 14.6. The number of nitrogens with zero attached hydrogens (tertiary/aromatic N) is 1. The highest BCUT2D eigenvalue weighted by Gasteiger charge is 2.30. The van der Waals surface area contributed by atoms with Crippen molar-refractivity contribution in [1.29, 1.82) is 0 Å². The molecule has 0 saturated heterocycles. The first-order valence-electron chi connectivity index (χ1n) is 7.22. The van der Waals surface area contributed by atoms with E-state index in [0.717, 1.165) is 25.1 Å². The first-order chi connectivity index (χ1) is 11.0. The molecule has 0 atom stereocenters. The summed E-state index contributed by atoms with van der Waals surface area (Å²) in [7, 11) is 0. The lowest BCUT2D eigenvalue weighted by Crippen LogP contribution is -2.05. The molecule has 1 aromatic heterocycles. The summed E-state index contributed by atoms with van der Waals surface area (Å²) in [5.74, 6) is 1.08. The molecule has 0 radical (unpaired) electrons. The van der Waals surface area contributed by atoms with Crippen molar-refractivity contribution in [3.63, 3.8) is 0 Å². The first kappa shape index (κ1) is 15.5. The Labute approximate surface area is 131 Å². The minimum atomic E-state index is -4.42. The van der Waals surface area contributed by atoms with Crippen molar-refractivity contribution < 1.29 is 22.7 Å². The molecule has 23 heavy (non-hydrogen) atoms. The van der Waals surface area contributed by atoms with Gasteiger partial charge in [0.15, 0.2) is 0 Å². The van der Waals surface area contributed by atoms with Crippen LogP contribution in [-0.4, -0.2) is 17.9 Å². The summed E-state index contributed by atoms with van der Waals surface area (Å²) in [4.78, 5) is 14.9. The lowest BCUT2D eigenvalue weighted by Gasteiger charge is -2.10. The predicted octanol–water partition coefficient (Wildman–Crippen LogP) is 4.37. The molecule has 0 spiro atoms. The quantitative estimate of drug-likeness (QED) is 0.768. The summed E-state index contributed by atoms with van der Waals surface area (Å²) in [5.41, 5.74) is 0.500. The van der Waals surface area contributed by atoms with Gasteiger partial charge in [0.25, 0.3) is 0 Å². The molecule has 1 aliphatic rings. The molecule has 1 saturated carbocycles. The van der Waals surface area contributed by atoms with Gasteiger partial charge in [-0.1, -0.05) is 0 Å². The molecule has 120 valence electrons. The van der Waals surface area contributed by atoms with Crippen LogP contribution >= 0.6 is 0 Å². The van der Waals surface area contributed by atoms with E-state index in [9.17, 15) is 18.0 Å². The second-order valence-corrected chi connectivity index (χ2v) is 5.59. The third kappa shape index (κ3) is 3.88. The molecule has 1 aliphatic carbocycles. The Bertz CT molecular complexity index is 707. The molecule has 1 fully saturated rings. The van der Waals surface area contributed by atoms with Gasteiger partial charge >= 0.3 is 6.18 Å². The highest BCUT2D eigenvalue weighted by Crippen LogP contribution is 2.32. The van der Waals surface area contributed by atoms with Crippen LogP contribution < -0.4 is 4.74 Å². The SMILES string of the molecule is O=Cc1cc(OCC2CC2)cc(-c2ccc(C(F)(F)F)cn2)c1. The van der Waals surface area contributed by atoms with Gasteiger partial charge in [-0.25, -0.2) is 0 Å². The van der Waals surface area contributed by atoms with Gasteiger partial charge in [0.2, 0.25) is 0 Å². The number of ether oxygens (including phenoxy) is 1. The maximum atomic E-state index is 12.6. The van der Waals surface area contributed by atoms with Crippen LogP contribution in [0.2, 0.25) is 0 Å². The van der Waals surface area contributed by atoms with Gasteiger partial charge in [0, 0.05) is 17.3 Å². The average molecular weight is 321 g/mol. The predicted molar refractivity (Wildman–Crippen MR) is 78.3 cm³/mol. The largest absolute Gasteiger partial charge is 0.493 e. The van der Waals surface area contributed by atoms with Crippen molar-refractivity contribution in [2.24, 2.45) is 5.92 Å². The molecule has 3 rings (SSSR count). The smallest absolute Gasteiger partial charge is 0.417 e. The molecule has 1 heterocycles. The van der Waals surface area contributed by atoms with Crippen LogP contribution in [0.15, 0.2) is 36.5 Å². The number of alkyl halides is 3. The average Bonchev–Trinajstić information content (AvgIpc) is 3.36. The van der Waals surface area contributed by atoms with Crippen LogP contribution in [0.3, 0.4) is 0 Å². The van der Waals surface area contributed by atoms with Gasteiger partial charge in [0.1, 0.15) is 12.0 Å². The Morgan fingerprint density at radius 2 is 2.00 bits per heavy atom. The molecule has 0 aliphatic heterocycles. The number of rotatable bonds is 5. The molecular formula is C17H14F3NO2. The van der Waals surface area contributed by atoms with Crippen LogP contribution in [0.5, 0.6) is 5.75 Å². The van der Waals surface area contributed by atoms with E-state index in [1.807, 2.05) is 0 Å². The number of hydrogen-bond acceptors (Lipinski definition) is 3. The Morgan fingerprint density at radius 3 is 2.57 bits per heavy atom.